The largest absolute Gasteiger partial charge is 0.496 e. The molecule has 2 rings (SSSR count). The highest BCUT2D eigenvalue weighted by Gasteiger charge is 2.15. The van der Waals surface area contributed by atoms with E-state index >= 15 is 0 Å². The van der Waals surface area contributed by atoms with Crippen LogP contribution in [0.3, 0.4) is 0 Å². The number of hydrogen-bond acceptors (Lipinski definition) is 3. The van der Waals surface area contributed by atoms with E-state index in [1.165, 1.54) is 5.56 Å². The summed E-state index contributed by atoms with van der Waals surface area (Å²) in [6, 6.07) is 5.84. The van der Waals surface area contributed by atoms with Crippen molar-refractivity contribution in [3.05, 3.63) is 47.3 Å². The van der Waals surface area contributed by atoms with E-state index < -0.39 is 0 Å². The van der Waals surface area contributed by atoms with Gasteiger partial charge in [0.25, 0.3) is 0 Å². The Bertz CT molecular complexity index is 548. The Labute approximate surface area is 114 Å². The normalized spacial score (nSPS) is 12.4. The molecule has 0 saturated carbocycles. The molecule has 1 unspecified atom stereocenters. The Kier molecular flexibility index (Phi) is 4.22. The van der Waals surface area contributed by atoms with Gasteiger partial charge in [-0.1, -0.05) is 24.6 Å². The molecule has 2 N–H and O–H groups in total. The van der Waals surface area contributed by atoms with Gasteiger partial charge >= 0.3 is 0 Å². The van der Waals surface area contributed by atoms with Crippen LogP contribution in [0.4, 0.5) is 0 Å². The Morgan fingerprint density at radius 3 is 2.89 bits per heavy atom. The SMILES string of the molecule is CCCn1cc(C(N)c2cc(C)ccc2OC)cn1. The molecule has 0 saturated heterocycles. The summed E-state index contributed by atoms with van der Waals surface area (Å²) < 4.78 is 7.32. The van der Waals surface area contributed by atoms with Gasteiger partial charge in [-0.25, -0.2) is 0 Å². The van der Waals surface area contributed by atoms with E-state index in [0.29, 0.717) is 0 Å². The highest BCUT2D eigenvalue weighted by molar-refractivity contribution is 5.42. The third-order valence-electron chi connectivity index (χ3n) is 3.19. The van der Waals surface area contributed by atoms with Gasteiger partial charge in [0, 0.05) is 23.9 Å². The molecule has 0 fully saturated rings. The predicted molar refractivity (Wildman–Crippen MR) is 76.3 cm³/mol. The Balaban J connectivity index is 2.31. The summed E-state index contributed by atoms with van der Waals surface area (Å²) in [6.07, 6.45) is 4.90. The van der Waals surface area contributed by atoms with Gasteiger partial charge in [-0.3, -0.25) is 4.68 Å². The molecule has 1 heterocycles. The second-order valence-electron chi connectivity index (χ2n) is 4.76. The third kappa shape index (κ3) is 2.96. The van der Waals surface area contributed by atoms with Crippen molar-refractivity contribution >= 4 is 0 Å². The maximum atomic E-state index is 6.34. The van der Waals surface area contributed by atoms with Gasteiger partial charge in [-0.15, -0.1) is 0 Å². The molecule has 2 aromatic rings. The molecule has 0 aliphatic carbocycles. The van der Waals surface area contributed by atoms with Crippen LogP contribution in [-0.2, 0) is 6.54 Å². The molecule has 1 atom stereocenters. The fourth-order valence-corrected chi connectivity index (χ4v) is 2.17. The Hall–Kier alpha value is -1.81. The summed E-state index contributed by atoms with van der Waals surface area (Å²) in [7, 11) is 1.67. The van der Waals surface area contributed by atoms with Gasteiger partial charge in [0.2, 0.25) is 0 Å². The van der Waals surface area contributed by atoms with Gasteiger partial charge in [-0.2, -0.15) is 5.10 Å². The van der Waals surface area contributed by atoms with Crippen LogP contribution in [0, 0.1) is 6.92 Å². The van der Waals surface area contributed by atoms with Crippen LogP contribution in [0.1, 0.15) is 36.1 Å². The molecule has 0 bridgehead atoms. The lowest BCUT2D eigenvalue weighted by molar-refractivity contribution is 0.407. The van der Waals surface area contributed by atoms with Crippen molar-refractivity contribution in [2.24, 2.45) is 5.73 Å². The lowest BCUT2D eigenvalue weighted by atomic mass is 9.99. The Morgan fingerprint density at radius 2 is 2.21 bits per heavy atom. The molecule has 19 heavy (non-hydrogen) atoms. The number of ether oxygens (including phenoxy) is 1. The number of aromatic nitrogens is 2. The van der Waals surface area contributed by atoms with E-state index in [0.717, 1.165) is 29.8 Å². The molecular formula is C15H21N3O. The van der Waals surface area contributed by atoms with Crippen LogP contribution in [0.5, 0.6) is 5.75 Å². The zero-order chi connectivity index (χ0) is 13.8. The van der Waals surface area contributed by atoms with Crippen LogP contribution in [0.15, 0.2) is 30.6 Å². The van der Waals surface area contributed by atoms with Crippen LogP contribution < -0.4 is 10.5 Å². The number of nitrogens with zero attached hydrogens (tertiary/aromatic N) is 2. The molecule has 0 amide bonds. The second kappa shape index (κ2) is 5.89. The quantitative estimate of drug-likeness (QED) is 0.898. The molecule has 0 spiro atoms. The second-order valence-corrected chi connectivity index (χ2v) is 4.76. The minimum absolute atomic E-state index is 0.208. The molecule has 102 valence electrons. The van der Waals surface area contributed by atoms with Crippen LogP contribution in [0.2, 0.25) is 0 Å². The van der Waals surface area contributed by atoms with Crippen molar-refractivity contribution in [3.8, 4) is 5.75 Å². The van der Waals surface area contributed by atoms with E-state index in [1.807, 2.05) is 29.2 Å². The smallest absolute Gasteiger partial charge is 0.123 e. The van der Waals surface area contributed by atoms with Crippen molar-refractivity contribution in [1.29, 1.82) is 0 Å². The molecule has 4 heteroatoms. The maximum Gasteiger partial charge on any atom is 0.123 e. The summed E-state index contributed by atoms with van der Waals surface area (Å²) in [4.78, 5) is 0. The topological polar surface area (TPSA) is 53.1 Å². The van der Waals surface area contributed by atoms with Gasteiger partial charge < -0.3 is 10.5 Å². The predicted octanol–water partition coefficient (Wildman–Crippen LogP) is 2.66. The van der Waals surface area contributed by atoms with E-state index in [2.05, 4.69) is 25.0 Å². The average molecular weight is 259 g/mol. The maximum absolute atomic E-state index is 6.34. The zero-order valence-corrected chi connectivity index (χ0v) is 11.8. The first-order valence-corrected chi connectivity index (χ1v) is 6.58. The lowest BCUT2D eigenvalue weighted by Crippen LogP contribution is -2.12. The van der Waals surface area contributed by atoms with Crippen molar-refractivity contribution in [2.45, 2.75) is 32.9 Å². The Morgan fingerprint density at radius 1 is 1.42 bits per heavy atom. The number of aryl methyl sites for hydroxylation is 2. The molecule has 1 aromatic heterocycles. The standard InChI is InChI=1S/C15H21N3O/c1-4-7-18-10-12(9-17-18)15(16)13-8-11(2)5-6-14(13)19-3/h5-6,8-10,15H,4,7,16H2,1-3H3. The lowest BCUT2D eigenvalue weighted by Gasteiger charge is -2.15. The highest BCUT2D eigenvalue weighted by atomic mass is 16.5. The zero-order valence-electron chi connectivity index (χ0n) is 11.8. The van der Waals surface area contributed by atoms with E-state index in [4.69, 9.17) is 10.5 Å². The molecule has 1 aromatic carbocycles. The number of benzene rings is 1. The number of hydrogen-bond donors (Lipinski definition) is 1. The van der Waals surface area contributed by atoms with Crippen molar-refractivity contribution < 1.29 is 4.74 Å². The van der Waals surface area contributed by atoms with E-state index in [-0.39, 0.29) is 6.04 Å². The van der Waals surface area contributed by atoms with Gasteiger partial charge in [-0.05, 0) is 19.4 Å². The van der Waals surface area contributed by atoms with Crippen LogP contribution >= 0.6 is 0 Å². The molecule has 0 aliphatic rings. The third-order valence-corrected chi connectivity index (χ3v) is 3.19. The van der Waals surface area contributed by atoms with Crippen molar-refractivity contribution in [3.63, 3.8) is 0 Å². The van der Waals surface area contributed by atoms with Gasteiger partial charge in [0.1, 0.15) is 5.75 Å². The molecule has 0 aliphatic heterocycles. The molecule has 0 radical (unpaired) electrons. The highest BCUT2D eigenvalue weighted by Crippen LogP contribution is 2.28. The summed E-state index contributed by atoms with van der Waals surface area (Å²) >= 11 is 0. The van der Waals surface area contributed by atoms with Gasteiger partial charge in [0.05, 0.1) is 19.3 Å². The van der Waals surface area contributed by atoms with E-state index in [9.17, 15) is 0 Å². The first-order valence-electron chi connectivity index (χ1n) is 6.58. The van der Waals surface area contributed by atoms with E-state index in [1.54, 1.807) is 7.11 Å². The monoisotopic (exact) mass is 259 g/mol. The number of rotatable bonds is 5. The van der Waals surface area contributed by atoms with Crippen LogP contribution in [0.25, 0.3) is 0 Å². The fraction of sp³-hybridized carbons (Fsp3) is 0.400. The first-order chi connectivity index (χ1) is 9.15. The molecule has 4 nitrogen and oxygen atoms in total. The van der Waals surface area contributed by atoms with Crippen molar-refractivity contribution in [2.75, 3.05) is 7.11 Å². The van der Waals surface area contributed by atoms with Gasteiger partial charge in [0.15, 0.2) is 0 Å². The minimum atomic E-state index is -0.208. The van der Waals surface area contributed by atoms with Crippen LogP contribution in [-0.4, -0.2) is 16.9 Å². The van der Waals surface area contributed by atoms with Crippen molar-refractivity contribution in [1.82, 2.24) is 9.78 Å². The summed E-state index contributed by atoms with van der Waals surface area (Å²) in [5, 5.41) is 4.33. The number of methoxy groups -OCH3 is 1. The average Bonchev–Trinajstić information content (AvgIpc) is 2.87. The minimum Gasteiger partial charge on any atom is -0.496 e. The summed E-state index contributed by atoms with van der Waals surface area (Å²) in [5.41, 5.74) is 9.52. The first kappa shape index (κ1) is 13.6. The fourth-order valence-electron chi connectivity index (χ4n) is 2.17. The summed E-state index contributed by atoms with van der Waals surface area (Å²) in [5.74, 6) is 0.821. The summed E-state index contributed by atoms with van der Waals surface area (Å²) in [6.45, 7) is 5.10. The molecular weight excluding hydrogens is 238 g/mol. The number of nitrogens with two attached hydrogens (primary N) is 1.